The minimum atomic E-state index is -0.241. The molecule has 9 heteroatoms. The summed E-state index contributed by atoms with van der Waals surface area (Å²) in [7, 11) is 3.52. The average Bonchev–Trinajstić information content (AvgIpc) is 3.55. The SMILES string of the molecule is CN(C)C(=O)N1CC2(CCN(C3CC4CCC(C3)N4C(=O)O[C@H]3CCOC3)CC2)c2cc(F)ccc21. The molecule has 0 N–H and O–H groups in total. The van der Waals surface area contributed by atoms with Gasteiger partial charge in [-0.15, -0.1) is 0 Å². The lowest BCUT2D eigenvalue weighted by atomic mass is 9.73. The molecule has 2 unspecified atom stereocenters. The summed E-state index contributed by atoms with van der Waals surface area (Å²) in [6.07, 6.45) is 6.38. The van der Waals surface area contributed by atoms with E-state index in [1.807, 2.05) is 9.80 Å². The molecule has 3 amide bonds. The fraction of sp³-hybridized carbons (Fsp3) is 0.704. The van der Waals surface area contributed by atoms with E-state index in [0.29, 0.717) is 25.8 Å². The summed E-state index contributed by atoms with van der Waals surface area (Å²) in [5, 5.41) is 0. The van der Waals surface area contributed by atoms with Crippen LogP contribution in [-0.4, -0.2) is 98.0 Å². The van der Waals surface area contributed by atoms with Gasteiger partial charge in [0.05, 0.1) is 13.2 Å². The molecule has 6 rings (SSSR count). The third kappa shape index (κ3) is 4.04. The van der Waals surface area contributed by atoms with Gasteiger partial charge in [-0.05, 0) is 75.4 Å². The summed E-state index contributed by atoms with van der Waals surface area (Å²) in [6.45, 7) is 3.64. The first-order valence-corrected chi connectivity index (χ1v) is 13.4. The van der Waals surface area contributed by atoms with Gasteiger partial charge in [-0.25, -0.2) is 14.0 Å². The molecule has 4 saturated heterocycles. The number of halogens is 1. The Morgan fingerprint density at radius 3 is 2.44 bits per heavy atom. The molecule has 5 heterocycles. The standard InChI is InChI=1S/C27H37FN4O4/c1-29(2)25(33)31-17-27(23-13-18(28)3-6-24(23)31)8-10-30(11-9-27)21-14-19-4-5-20(15-21)32(19)26(34)36-22-7-12-35-16-22/h3,6,13,19-22H,4-5,7-12,14-17H2,1-2H3/t19?,20?,21?,22-/m0/s1. The Balaban J connectivity index is 1.12. The molecule has 36 heavy (non-hydrogen) atoms. The lowest BCUT2D eigenvalue weighted by Crippen LogP contribution is -2.56. The molecule has 4 fully saturated rings. The predicted molar refractivity (Wildman–Crippen MR) is 133 cm³/mol. The highest BCUT2D eigenvalue weighted by Crippen LogP contribution is 2.49. The number of urea groups is 1. The molecular formula is C27H37FN4O4. The van der Waals surface area contributed by atoms with E-state index >= 15 is 0 Å². The van der Waals surface area contributed by atoms with Crippen molar-refractivity contribution >= 4 is 17.8 Å². The molecule has 1 aromatic carbocycles. The highest BCUT2D eigenvalue weighted by Gasteiger charge is 2.50. The van der Waals surface area contributed by atoms with Crippen molar-refractivity contribution < 1.29 is 23.5 Å². The van der Waals surface area contributed by atoms with Crippen LogP contribution in [0.25, 0.3) is 0 Å². The van der Waals surface area contributed by atoms with Crippen molar-refractivity contribution in [1.29, 1.82) is 0 Å². The Morgan fingerprint density at radius 2 is 1.81 bits per heavy atom. The van der Waals surface area contributed by atoms with Crippen LogP contribution in [0.5, 0.6) is 0 Å². The Labute approximate surface area is 212 Å². The quantitative estimate of drug-likeness (QED) is 0.621. The van der Waals surface area contributed by atoms with Crippen molar-refractivity contribution in [3.05, 3.63) is 29.6 Å². The number of hydrogen-bond acceptors (Lipinski definition) is 5. The molecular weight excluding hydrogens is 463 g/mol. The summed E-state index contributed by atoms with van der Waals surface area (Å²) in [5.74, 6) is -0.241. The Kier molecular flexibility index (Phi) is 6.11. The second kappa shape index (κ2) is 9.17. The van der Waals surface area contributed by atoms with Crippen LogP contribution in [0.1, 0.15) is 50.5 Å². The maximum Gasteiger partial charge on any atom is 0.410 e. The number of anilines is 1. The second-order valence-electron chi connectivity index (χ2n) is 11.5. The van der Waals surface area contributed by atoms with Gasteiger partial charge in [-0.3, -0.25) is 4.90 Å². The van der Waals surface area contributed by atoms with Gasteiger partial charge in [0.15, 0.2) is 0 Å². The lowest BCUT2D eigenvalue weighted by molar-refractivity contribution is 0.00975. The first kappa shape index (κ1) is 24.0. The normalized spacial score (nSPS) is 31.1. The monoisotopic (exact) mass is 500 g/mol. The van der Waals surface area contributed by atoms with E-state index in [2.05, 4.69) is 4.90 Å². The van der Waals surface area contributed by atoms with Crippen molar-refractivity contribution in [2.75, 3.05) is 51.8 Å². The van der Waals surface area contributed by atoms with E-state index in [-0.39, 0.29) is 41.5 Å². The van der Waals surface area contributed by atoms with E-state index in [0.717, 1.165) is 69.3 Å². The maximum absolute atomic E-state index is 14.3. The molecule has 8 nitrogen and oxygen atoms in total. The number of piperidine rings is 2. The van der Waals surface area contributed by atoms with Gasteiger partial charge in [0.2, 0.25) is 0 Å². The largest absolute Gasteiger partial charge is 0.444 e. The van der Waals surface area contributed by atoms with Crippen molar-refractivity contribution in [3.8, 4) is 0 Å². The van der Waals surface area contributed by atoms with Crippen molar-refractivity contribution in [2.24, 2.45) is 0 Å². The van der Waals surface area contributed by atoms with Gasteiger partial charge in [0.25, 0.3) is 0 Å². The third-order valence-corrected chi connectivity index (χ3v) is 9.24. The smallest absolute Gasteiger partial charge is 0.410 e. The number of ether oxygens (including phenoxy) is 2. The van der Waals surface area contributed by atoms with E-state index in [1.165, 1.54) is 6.07 Å². The van der Waals surface area contributed by atoms with Gasteiger partial charge in [0, 0.05) is 56.3 Å². The number of nitrogens with zero attached hydrogens (tertiary/aromatic N) is 4. The summed E-state index contributed by atoms with van der Waals surface area (Å²) < 4.78 is 25.4. The van der Waals surface area contributed by atoms with Crippen LogP contribution in [0.3, 0.4) is 0 Å². The summed E-state index contributed by atoms with van der Waals surface area (Å²) >= 11 is 0. The second-order valence-corrected chi connectivity index (χ2v) is 11.5. The predicted octanol–water partition coefficient (Wildman–Crippen LogP) is 3.58. The highest BCUT2D eigenvalue weighted by molar-refractivity contribution is 5.95. The molecule has 0 aromatic heterocycles. The zero-order valence-corrected chi connectivity index (χ0v) is 21.3. The van der Waals surface area contributed by atoms with Crippen LogP contribution in [0.15, 0.2) is 18.2 Å². The molecule has 5 aliphatic heterocycles. The minimum absolute atomic E-state index is 0.0536. The summed E-state index contributed by atoms with van der Waals surface area (Å²) in [6, 6.07) is 5.75. The molecule has 1 spiro atoms. The number of carbonyl (C=O) groups excluding carboxylic acids is 2. The molecule has 0 saturated carbocycles. The zero-order chi connectivity index (χ0) is 25.0. The summed E-state index contributed by atoms with van der Waals surface area (Å²) in [4.78, 5) is 33.8. The Morgan fingerprint density at radius 1 is 1.08 bits per heavy atom. The Bertz CT molecular complexity index is 1010. The first-order valence-electron chi connectivity index (χ1n) is 13.4. The van der Waals surface area contributed by atoms with Gasteiger partial charge < -0.3 is 24.2 Å². The van der Waals surface area contributed by atoms with Crippen molar-refractivity contribution in [1.82, 2.24) is 14.7 Å². The number of carbonyl (C=O) groups is 2. The fourth-order valence-corrected chi connectivity index (χ4v) is 7.35. The topological polar surface area (TPSA) is 65.6 Å². The Hall–Kier alpha value is -2.39. The first-order chi connectivity index (χ1) is 17.3. The molecule has 0 radical (unpaired) electrons. The minimum Gasteiger partial charge on any atom is -0.444 e. The zero-order valence-electron chi connectivity index (χ0n) is 21.3. The highest BCUT2D eigenvalue weighted by atomic mass is 19.1. The van der Waals surface area contributed by atoms with Gasteiger partial charge >= 0.3 is 12.1 Å². The van der Waals surface area contributed by atoms with Gasteiger partial charge in [0.1, 0.15) is 11.9 Å². The van der Waals surface area contributed by atoms with Crippen molar-refractivity contribution in [2.45, 2.75) is 74.6 Å². The van der Waals surface area contributed by atoms with Crippen LogP contribution in [0, 0.1) is 5.82 Å². The molecule has 1 aromatic rings. The van der Waals surface area contributed by atoms with E-state index in [9.17, 15) is 14.0 Å². The van der Waals surface area contributed by atoms with E-state index < -0.39 is 0 Å². The van der Waals surface area contributed by atoms with Crippen LogP contribution in [0.2, 0.25) is 0 Å². The van der Waals surface area contributed by atoms with Crippen molar-refractivity contribution in [3.63, 3.8) is 0 Å². The van der Waals surface area contributed by atoms with Gasteiger partial charge in [-0.2, -0.15) is 0 Å². The number of rotatable bonds is 2. The summed E-state index contributed by atoms with van der Waals surface area (Å²) in [5.41, 5.74) is 1.62. The van der Waals surface area contributed by atoms with Crippen LogP contribution in [0.4, 0.5) is 19.7 Å². The van der Waals surface area contributed by atoms with E-state index in [1.54, 1.807) is 31.1 Å². The number of hydrogen-bond donors (Lipinski definition) is 0. The third-order valence-electron chi connectivity index (χ3n) is 9.24. The number of benzene rings is 1. The number of amides is 3. The maximum atomic E-state index is 14.3. The van der Waals surface area contributed by atoms with Crippen LogP contribution < -0.4 is 4.90 Å². The molecule has 2 bridgehead atoms. The molecule has 5 aliphatic rings. The fourth-order valence-electron chi connectivity index (χ4n) is 7.35. The lowest BCUT2D eigenvalue weighted by Gasteiger charge is -2.47. The van der Waals surface area contributed by atoms with Gasteiger partial charge in [-0.1, -0.05) is 0 Å². The number of fused-ring (bicyclic) bond motifs is 4. The van der Waals surface area contributed by atoms with E-state index in [4.69, 9.17) is 9.47 Å². The molecule has 196 valence electrons. The van der Waals surface area contributed by atoms with Crippen LogP contribution >= 0.6 is 0 Å². The molecule has 3 atom stereocenters. The molecule has 0 aliphatic carbocycles. The average molecular weight is 501 g/mol. The van der Waals surface area contributed by atoms with Crippen LogP contribution in [-0.2, 0) is 14.9 Å². The number of likely N-dealkylation sites (tertiary alicyclic amines) is 1.